The highest BCUT2D eigenvalue weighted by molar-refractivity contribution is 6.28. The summed E-state index contributed by atoms with van der Waals surface area (Å²) in [6.07, 6.45) is 0. The van der Waals surface area contributed by atoms with Crippen molar-refractivity contribution in [3.8, 4) is 44.8 Å². The van der Waals surface area contributed by atoms with Gasteiger partial charge in [0.2, 0.25) is 0 Å². The van der Waals surface area contributed by atoms with Crippen molar-refractivity contribution in [1.82, 2.24) is 9.13 Å². The third-order valence-corrected chi connectivity index (χ3v) is 10.1. The van der Waals surface area contributed by atoms with Gasteiger partial charge < -0.3 is 9.13 Å². The van der Waals surface area contributed by atoms with Gasteiger partial charge in [0.1, 0.15) is 0 Å². The summed E-state index contributed by atoms with van der Waals surface area (Å²) in [6, 6.07) is 70.3. The van der Waals surface area contributed by atoms with E-state index in [-0.39, 0.29) is 0 Å². The fourth-order valence-corrected chi connectivity index (χ4v) is 7.86. The van der Waals surface area contributed by atoms with E-state index in [1.165, 1.54) is 77.0 Å². The van der Waals surface area contributed by atoms with Crippen LogP contribution in [0.15, 0.2) is 194 Å². The van der Waals surface area contributed by atoms with Crippen molar-refractivity contribution >= 4 is 43.6 Å². The summed E-state index contributed by atoms with van der Waals surface area (Å²) in [7, 11) is 0. The molecule has 0 aliphatic rings. The van der Waals surface area contributed by atoms with E-state index >= 15 is 0 Å². The van der Waals surface area contributed by atoms with E-state index in [2.05, 4.69) is 203 Å². The Kier molecular flexibility index (Phi) is 6.53. The van der Waals surface area contributed by atoms with Gasteiger partial charge in [0, 0.05) is 32.9 Å². The predicted octanol–water partition coefficient (Wildman–Crippen LogP) is 12.9. The van der Waals surface area contributed by atoms with Crippen LogP contribution < -0.4 is 0 Å². The normalized spacial score (nSPS) is 11.6. The van der Waals surface area contributed by atoms with Gasteiger partial charge in [-0.3, -0.25) is 0 Å². The van der Waals surface area contributed by atoms with Crippen molar-refractivity contribution in [2.75, 3.05) is 0 Å². The molecule has 0 aliphatic heterocycles. The van der Waals surface area contributed by atoms with Gasteiger partial charge in [-0.2, -0.15) is 0 Å². The molecular formula is C48H32N2. The van der Waals surface area contributed by atoms with Crippen LogP contribution in [0, 0.1) is 0 Å². The van der Waals surface area contributed by atoms with Gasteiger partial charge in [-0.1, -0.05) is 140 Å². The monoisotopic (exact) mass is 636 g/mol. The SMILES string of the molecule is c1ccc(-c2cccc(-c3cccc(-n4c5ccccc5c5c6c7ccccc7n(-c7cccc(-c8ccccc8)c7)c6ccc54)c3)c2)cc1. The number of benzene rings is 8. The summed E-state index contributed by atoms with van der Waals surface area (Å²) in [6.45, 7) is 0. The largest absolute Gasteiger partial charge is 0.309 e. The maximum Gasteiger partial charge on any atom is 0.0548 e. The van der Waals surface area contributed by atoms with E-state index in [9.17, 15) is 0 Å². The van der Waals surface area contributed by atoms with Crippen LogP contribution in [-0.4, -0.2) is 9.13 Å². The van der Waals surface area contributed by atoms with E-state index in [0.29, 0.717) is 0 Å². The van der Waals surface area contributed by atoms with E-state index < -0.39 is 0 Å². The minimum atomic E-state index is 1.15. The molecule has 10 aromatic rings. The molecule has 0 unspecified atom stereocenters. The highest BCUT2D eigenvalue weighted by Gasteiger charge is 2.20. The minimum absolute atomic E-state index is 1.15. The van der Waals surface area contributed by atoms with Crippen molar-refractivity contribution in [3.63, 3.8) is 0 Å². The second-order valence-corrected chi connectivity index (χ2v) is 13.0. The molecule has 0 saturated carbocycles. The maximum atomic E-state index is 2.44. The van der Waals surface area contributed by atoms with Crippen LogP contribution >= 0.6 is 0 Å². The number of nitrogens with zero attached hydrogens (tertiary/aromatic N) is 2. The van der Waals surface area contributed by atoms with Gasteiger partial charge in [-0.05, 0) is 88.0 Å². The smallest absolute Gasteiger partial charge is 0.0548 e. The van der Waals surface area contributed by atoms with Crippen LogP contribution in [-0.2, 0) is 0 Å². The van der Waals surface area contributed by atoms with Crippen LogP contribution in [0.2, 0.25) is 0 Å². The molecule has 0 atom stereocenters. The Morgan fingerprint density at radius 1 is 0.240 bits per heavy atom. The average Bonchev–Trinajstić information content (AvgIpc) is 3.72. The number of hydrogen-bond acceptors (Lipinski definition) is 0. The number of para-hydroxylation sites is 2. The van der Waals surface area contributed by atoms with Gasteiger partial charge in [-0.15, -0.1) is 0 Å². The average molecular weight is 637 g/mol. The quantitative estimate of drug-likeness (QED) is 0.178. The Labute approximate surface area is 290 Å². The second-order valence-electron chi connectivity index (χ2n) is 13.0. The van der Waals surface area contributed by atoms with E-state index in [1.807, 2.05) is 0 Å². The van der Waals surface area contributed by atoms with Gasteiger partial charge in [-0.25, -0.2) is 0 Å². The lowest BCUT2D eigenvalue weighted by Gasteiger charge is -2.12. The number of fused-ring (bicyclic) bond motifs is 7. The summed E-state index contributed by atoms with van der Waals surface area (Å²) < 4.78 is 4.87. The molecule has 0 spiro atoms. The first kappa shape index (κ1) is 28.4. The van der Waals surface area contributed by atoms with Crippen LogP contribution in [0.25, 0.3) is 88.4 Å². The highest BCUT2D eigenvalue weighted by Crippen LogP contribution is 2.43. The van der Waals surface area contributed by atoms with Crippen LogP contribution in [0.3, 0.4) is 0 Å². The first-order valence-electron chi connectivity index (χ1n) is 17.2. The molecule has 0 radical (unpaired) electrons. The molecule has 2 heteroatoms. The predicted molar refractivity (Wildman–Crippen MR) is 211 cm³/mol. The summed E-state index contributed by atoms with van der Waals surface area (Å²) in [4.78, 5) is 0. The third-order valence-electron chi connectivity index (χ3n) is 10.1. The topological polar surface area (TPSA) is 9.86 Å². The zero-order valence-corrected chi connectivity index (χ0v) is 27.4. The number of hydrogen-bond donors (Lipinski definition) is 0. The molecule has 0 saturated heterocycles. The van der Waals surface area contributed by atoms with E-state index in [4.69, 9.17) is 0 Å². The summed E-state index contributed by atoms with van der Waals surface area (Å²) in [5.41, 5.74) is 14.4. The minimum Gasteiger partial charge on any atom is -0.309 e. The van der Waals surface area contributed by atoms with Crippen LogP contribution in [0.5, 0.6) is 0 Å². The Balaban J connectivity index is 1.20. The summed E-state index contributed by atoms with van der Waals surface area (Å²) >= 11 is 0. The molecule has 10 rings (SSSR count). The molecule has 2 aromatic heterocycles. The molecular weight excluding hydrogens is 605 g/mol. The molecule has 0 aliphatic carbocycles. The molecule has 2 nitrogen and oxygen atoms in total. The molecule has 2 heterocycles. The van der Waals surface area contributed by atoms with Gasteiger partial charge in [0.05, 0.1) is 22.1 Å². The molecule has 234 valence electrons. The Morgan fingerprint density at radius 2 is 0.600 bits per heavy atom. The number of aromatic nitrogens is 2. The second kappa shape index (κ2) is 11.5. The summed E-state index contributed by atoms with van der Waals surface area (Å²) in [5.74, 6) is 0. The lowest BCUT2D eigenvalue weighted by molar-refractivity contribution is 1.17. The fraction of sp³-hybridized carbons (Fsp3) is 0. The zero-order valence-electron chi connectivity index (χ0n) is 27.4. The van der Waals surface area contributed by atoms with Crippen molar-refractivity contribution in [1.29, 1.82) is 0 Å². The third kappa shape index (κ3) is 4.50. The Morgan fingerprint density at radius 3 is 1.10 bits per heavy atom. The molecule has 50 heavy (non-hydrogen) atoms. The highest BCUT2D eigenvalue weighted by atomic mass is 15.0. The van der Waals surface area contributed by atoms with E-state index in [0.717, 1.165) is 11.4 Å². The molecule has 0 amide bonds. The molecule has 0 fully saturated rings. The van der Waals surface area contributed by atoms with Crippen molar-refractivity contribution in [2.45, 2.75) is 0 Å². The van der Waals surface area contributed by atoms with E-state index in [1.54, 1.807) is 0 Å². The molecule has 8 aromatic carbocycles. The maximum absolute atomic E-state index is 2.44. The fourth-order valence-electron chi connectivity index (χ4n) is 7.86. The summed E-state index contributed by atoms with van der Waals surface area (Å²) in [5, 5.41) is 5.08. The van der Waals surface area contributed by atoms with Crippen molar-refractivity contribution in [2.24, 2.45) is 0 Å². The van der Waals surface area contributed by atoms with Gasteiger partial charge in [0.15, 0.2) is 0 Å². The first-order chi connectivity index (χ1) is 24.8. The van der Waals surface area contributed by atoms with Gasteiger partial charge in [0.25, 0.3) is 0 Å². The van der Waals surface area contributed by atoms with Crippen LogP contribution in [0.1, 0.15) is 0 Å². The standard InChI is InChI=1S/C48H32N2/c1-3-14-33(15-4-1)35-18-11-19-36(30-35)38-21-13-23-40(32-38)50-44-27-10-8-25-42(44)48-46(50)29-28-45-47(48)41-24-7-9-26-43(41)49(45)39-22-12-20-37(31-39)34-16-5-2-6-17-34/h1-32H. The molecule has 0 bridgehead atoms. The Hall–Kier alpha value is -6.64. The molecule has 0 N–H and O–H groups in total. The van der Waals surface area contributed by atoms with Crippen molar-refractivity contribution in [3.05, 3.63) is 194 Å². The number of rotatable bonds is 5. The van der Waals surface area contributed by atoms with Crippen molar-refractivity contribution < 1.29 is 0 Å². The zero-order chi connectivity index (χ0) is 33.0. The lowest BCUT2D eigenvalue weighted by Crippen LogP contribution is -1.95. The van der Waals surface area contributed by atoms with Crippen LogP contribution in [0.4, 0.5) is 0 Å². The Bertz CT molecular complexity index is 2860. The van der Waals surface area contributed by atoms with Gasteiger partial charge >= 0.3 is 0 Å². The lowest BCUT2D eigenvalue weighted by atomic mass is 9.99. The first-order valence-corrected chi connectivity index (χ1v) is 17.2.